The number of alkyl halides is 1. The maximum Gasteiger partial charge on any atom is 0.181 e. The number of rotatable bonds is 3. The van der Waals surface area contributed by atoms with Gasteiger partial charge in [0.25, 0.3) is 0 Å². The second-order valence-electron chi connectivity index (χ2n) is 2.13. The van der Waals surface area contributed by atoms with Crippen molar-refractivity contribution in [2.75, 3.05) is 26.2 Å². The molecule has 0 aromatic heterocycles. The van der Waals surface area contributed by atoms with Crippen molar-refractivity contribution in [1.82, 2.24) is 0 Å². The molecular weight excluding hydrogens is 156 g/mol. The van der Waals surface area contributed by atoms with Crippen LogP contribution >= 0.6 is 11.6 Å². The van der Waals surface area contributed by atoms with Gasteiger partial charge in [0.05, 0.1) is 25.2 Å². The summed E-state index contributed by atoms with van der Waals surface area (Å²) in [7, 11) is 1.61. The lowest BCUT2D eigenvalue weighted by Gasteiger charge is -2.07. The van der Waals surface area contributed by atoms with E-state index in [1.54, 1.807) is 7.11 Å². The van der Waals surface area contributed by atoms with E-state index >= 15 is 0 Å². The molecule has 0 aliphatic carbocycles. The molecule has 0 N–H and O–H groups in total. The van der Waals surface area contributed by atoms with Crippen LogP contribution in [0.15, 0.2) is 0 Å². The minimum absolute atomic E-state index is 0.0433. The minimum Gasteiger partial charge on any atom is -0.379 e. The third-order valence-corrected chi connectivity index (χ3v) is 1.63. The Bertz CT molecular complexity index is 99.0. The lowest BCUT2D eigenvalue weighted by Crippen LogP contribution is -2.17. The van der Waals surface area contributed by atoms with Crippen molar-refractivity contribution in [2.24, 2.45) is 0 Å². The van der Waals surface area contributed by atoms with Crippen molar-refractivity contribution in [2.45, 2.75) is 12.4 Å². The highest BCUT2D eigenvalue weighted by molar-refractivity contribution is 6.18. The van der Waals surface area contributed by atoms with E-state index in [4.69, 9.17) is 25.8 Å². The molecule has 0 aromatic rings. The first-order valence-electron chi connectivity index (χ1n) is 3.18. The number of methoxy groups -OCH3 is 1. The van der Waals surface area contributed by atoms with Gasteiger partial charge in [0, 0.05) is 7.11 Å². The van der Waals surface area contributed by atoms with Gasteiger partial charge in [-0.25, -0.2) is 0 Å². The number of halogens is 1. The Morgan fingerprint density at radius 3 is 3.00 bits per heavy atom. The Hall–Kier alpha value is 0.170. The predicted molar refractivity (Wildman–Crippen MR) is 37.2 cm³/mol. The highest BCUT2D eigenvalue weighted by Gasteiger charge is 2.24. The predicted octanol–water partition coefficient (Wildman–Crippen LogP) is 0.613. The standard InChI is InChI=1S/C6H11ClO3/c1-8-4-6-9-3-5(2-7)10-6/h5-6H,2-4H2,1H3. The fraction of sp³-hybridized carbons (Fsp3) is 1.00. The van der Waals surface area contributed by atoms with E-state index in [1.807, 2.05) is 0 Å². The van der Waals surface area contributed by atoms with Crippen molar-refractivity contribution in [3.8, 4) is 0 Å². The third-order valence-electron chi connectivity index (χ3n) is 1.29. The van der Waals surface area contributed by atoms with Gasteiger partial charge in [-0.3, -0.25) is 0 Å². The molecule has 1 aliphatic heterocycles. The molecule has 3 nitrogen and oxygen atoms in total. The molecule has 1 aliphatic rings. The zero-order valence-electron chi connectivity index (χ0n) is 5.88. The monoisotopic (exact) mass is 166 g/mol. The van der Waals surface area contributed by atoms with Crippen LogP contribution in [0.3, 0.4) is 0 Å². The Morgan fingerprint density at radius 1 is 1.70 bits per heavy atom. The zero-order valence-corrected chi connectivity index (χ0v) is 6.63. The van der Waals surface area contributed by atoms with Gasteiger partial charge in [-0.05, 0) is 0 Å². The molecule has 0 amide bonds. The van der Waals surface area contributed by atoms with Crippen molar-refractivity contribution in [3.63, 3.8) is 0 Å². The van der Waals surface area contributed by atoms with Gasteiger partial charge in [0.15, 0.2) is 6.29 Å². The van der Waals surface area contributed by atoms with Gasteiger partial charge in [-0.1, -0.05) is 0 Å². The SMILES string of the molecule is COCC1OCC(CCl)O1. The first-order chi connectivity index (χ1) is 4.86. The molecule has 0 bridgehead atoms. The quantitative estimate of drug-likeness (QED) is 0.576. The average Bonchev–Trinajstić information content (AvgIpc) is 2.37. The summed E-state index contributed by atoms with van der Waals surface area (Å²) in [6.45, 7) is 1.06. The molecule has 0 saturated carbocycles. The first-order valence-corrected chi connectivity index (χ1v) is 3.72. The average molecular weight is 167 g/mol. The summed E-state index contributed by atoms with van der Waals surface area (Å²) < 4.78 is 15.3. The number of ether oxygens (including phenoxy) is 3. The molecule has 60 valence electrons. The topological polar surface area (TPSA) is 27.7 Å². The summed E-state index contributed by atoms with van der Waals surface area (Å²) >= 11 is 5.53. The van der Waals surface area contributed by atoms with Crippen LogP contribution in [0.1, 0.15) is 0 Å². The van der Waals surface area contributed by atoms with Gasteiger partial charge in [0.1, 0.15) is 0 Å². The van der Waals surface area contributed by atoms with Crippen LogP contribution in [0.2, 0.25) is 0 Å². The second-order valence-corrected chi connectivity index (χ2v) is 2.44. The summed E-state index contributed by atoms with van der Waals surface area (Å²) in [6, 6.07) is 0. The summed E-state index contributed by atoms with van der Waals surface area (Å²) in [5.41, 5.74) is 0. The Morgan fingerprint density at radius 2 is 2.50 bits per heavy atom. The third kappa shape index (κ3) is 2.09. The van der Waals surface area contributed by atoms with Crippen LogP contribution in [-0.2, 0) is 14.2 Å². The molecule has 0 aromatic carbocycles. The van der Waals surface area contributed by atoms with E-state index in [2.05, 4.69) is 0 Å². The molecule has 1 saturated heterocycles. The van der Waals surface area contributed by atoms with Crippen LogP contribution in [0, 0.1) is 0 Å². The maximum absolute atomic E-state index is 5.53. The van der Waals surface area contributed by atoms with Gasteiger partial charge in [0.2, 0.25) is 0 Å². The molecule has 0 spiro atoms. The number of hydrogen-bond donors (Lipinski definition) is 0. The van der Waals surface area contributed by atoms with E-state index in [9.17, 15) is 0 Å². The summed E-state index contributed by atoms with van der Waals surface area (Å²) in [5.74, 6) is 0.486. The second kappa shape index (κ2) is 4.13. The fourth-order valence-electron chi connectivity index (χ4n) is 0.812. The van der Waals surface area contributed by atoms with Gasteiger partial charge in [-0.2, -0.15) is 0 Å². The Balaban J connectivity index is 2.15. The molecule has 4 heteroatoms. The number of hydrogen-bond acceptors (Lipinski definition) is 3. The Kier molecular flexibility index (Phi) is 3.42. The lowest BCUT2D eigenvalue weighted by molar-refractivity contribution is -0.0940. The van der Waals surface area contributed by atoms with Crippen LogP contribution < -0.4 is 0 Å². The minimum atomic E-state index is -0.214. The van der Waals surface area contributed by atoms with Crippen LogP contribution in [0.25, 0.3) is 0 Å². The lowest BCUT2D eigenvalue weighted by atomic mass is 10.4. The highest BCUT2D eigenvalue weighted by Crippen LogP contribution is 2.12. The van der Waals surface area contributed by atoms with Gasteiger partial charge >= 0.3 is 0 Å². The Labute approximate surface area is 65.2 Å². The smallest absolute Gasteiger partial charge is 0.181 e. The van der Waals surface area contributed by atoms with E-state index < -0.39 is 0 Å². The van der Waals surface area contributed by atoms with E-state index in [-0.39, 0.29) is 12.4 Å². The molecule has 10 heavy (non-hydrogen) atoms. The van der Waals surface area contributed by atoms with E-state index in [0.717, 1.165) is 0 Å². The highest BCUT2D eigenvalue weighted by atomic mass is 35.5. The normalized spacial score (nSPS) is 33.0. The van der Waals surface area contributed by atoms with Crippen molar-refractivity contribution >= 4 is 11.6 Å². The summed E-state index contributed by atoms with van der Waals surface area (Å²) in [5, 5.41) is 0. The molecule has 1 heterocycles. The van der Waals surface area contributed by atoms with E-state index in [0.29, 0.717) is 19.1 Å². The molecule has 2 atom stereocenters. The van der Waals surface area contributed by atoms with Crippen LogP contribution in [0.4, 0.5) is 0 Å². The molecule has 0 radical (unpaired) electrons. The molecule has 2 unspecified atom stereocenters. The summed E-state index contributed by atoms with van der Waals surface area (Å²) in [6.07, 6.45) is -0.171. The fourth-order valence-corrected chi connectivity index (χ4v) is 0.974. The zero-order chi connectivity index (χ0) is 7.40. The largest absolute Gasteiger partial charge is 0.379 e. The van der Waals surface area contributed by atoms with Crippen LogP contribution in [0.5, 0.6) is 0 Å². The van der Waals surface area contributed by atoms with Crippen molar-refractivity contribution in [3.05, 3.63) is 0 Å². The molecule has 1 fully saturated rings. The van der Waals surface area contributed by atoms with Crippen molar-refractivity contribution in [1.29, 1.82) is 0 Å². The first kappa shape index (κ1) is 8.27. The molecular formula is C6H11ClO3. The molecule has 1 rings (SSSR count). The maximum atomic E-state index is 5.53. The van der Waals surface area contributed by atoms with Gasteiger partial charge in [-0.15, -0.1) is 11.6 Å². The van der Waals surface area contributed by atoms with Crippen molar-refractivity contribution < 1.29 is 14.2 Å². The van der Waals surface area contributed by atoms with E-state index in [1.165, 1.54) is 0 Å². The summed E-state index contributed by atoms with van der Waals surface area (Å²) in [4.78, 5) is 0. The van der Waals surface area contributed by atoms with Gasteiger partial charge < -0.3 is 14.2 Å². The van der Waals surface area contributed by atoms with Crippen LogP contribution in [-0.4, -0.2) is 38.6 Å².